The van der Waals surface area contributed by atoms with Crippen LogP contribution in [0.2, 0.25) is 0 Å². The van der Waals surface area contributed by atoms with Crippen LogP contribution in [0.5, 0.6) is 0 Å². The van der Waals surface area contributed by atoms with Gasteiger partial charge >= 0.3 is 0 Å². The Bertz CT molecular complexity index is 528. The third-order valence-corrected chi connectivity index (χ3v) is 6.46. The maximum atomic E-state index is 6.19. The van der Waals surface area contributed by atoms with E-state index in [4.69, 9.17) is 10.5 Å². The molecule has 1 aromatic carbocycles. The number of thioether (sulfide) groups is 1. The van der Waals surface area contributed by atoms with Gasteiger partial charge in [0.05, 0.1) is 5.60 Å². The highest BCUT2D eigenvalue weighted by molar-refractivity contribution is 7.99. The summed E-state index contributed by atoms with van der Waals surface area (Å²) < 4.78 is 6.19. The SMILES string of the molecule is Nc1ccc2c(c1)CCCN2C1CCOC2(CCSC2)C1. The minimum Gasteiger partial charge on any atom is -0.399 e. The van der Waals surface area contributed by atoms with Gasteiger partial charge in [0.25, 0.3) is 0 Å². The Morgan fingerprint density at radius 1 is 1.38 bits per heavy atom. The van der Waals surface area contributed by atoms with Gasteiger partial charge in [-0.05, 0) is 61.6 Å². The molecule has 0 amide bonds. The number of hydrogen-bond donors (Lipinski definition) is 1. The Hall–Kier alpha value is -0.870. The van der Waals surface area contributed by atoms with Gasteiger partial charge in [0.15, 0.2) is 0 Å². The van der Waals surface area contributed by atoms with Gasteiger partial charge in [-0.2, -0.15) is 11.8 Å². The van der Waals surface area contributed by atoms with Crippen LogP contribution < -0.4 is 10.6 Å². The van der Waals surface area contributed by atoms with E-state index in [-0.39, 0.29) is 5.60 Å². The zero-order chi connectivity index (χ0) is 14.3. The lowest BCUT2D eigenvalue weighted by Gasteiger charge is -2.45. The summed E-state index contributed by atoms with van der Waals surface area (Å²) >= 11 is 2.06. The maximum absolute atomic E-state index is 6.19. The number of fused-ring (bicyclic) bond motifs is 1. The van der Waals surface area contributed by atoms with E-state index < -0.39 is 0 Å². The molecular formula is C17H24N2OS. The van der Waals surface area contributed by atoms with Crippen molar-refractivity contribution in [2.45, 2.75) is 43.7 Å². The molecule has 0 saturated carbocycles. The predicted octanol–water partition coefficient (Wildman–Crippen LogP) is 3.08. The number of nitrogens with two attached hydrogens (primary N) is 1. The lowest BCUT2D eigenvalue weighted by molar-refractivity contribution is -0.0664. The smallest absolute Gasteiger partial charge is 0.0799 e. The van der Waals surface area contributed by atoms with Crippen LogP contribution in [0.4, 0.5) is 11.4 Å². The number of nitrogens with zero attached hydrogens (tertiary/aromatic N) is 1. The van der Waals surface area contributed by atoms with E-state index in [1.54, 1.807) is 0 Å². The molecule has 21 heavy (non-hydrogen) atoms. The van der Waals surface area contributed by atoms with Crippen LogP contribution in [0.15, 0.2) is 18.2 Å². The third-order valence-electron chi connectivity index (χ3n) is 5.23. The minimum absolute atomic E-state index is 0.166. The first kappa shape index (κ1) is 13.8. The zero-order valence-electron chi connectivity index (χ0n) is 12.5. The first-order chi connectivity index (χ1) is 10.3. The van der Waals surface area contributed by atoms with Crippen molar-refractivity contribution in [2.75, 3.05) is 35.3 Å². The lowest BCUT2D eigenvalue weighted by atomic mass is 9.87. The van der Waals surface area contributed by atoms with Crippen LogP contribution in [-0.4, -0.2) is 36.3 Å². The molecule has 4 heteroatoms. The Labute approximate surface area is 131 Å². The van der Waals surface area contributed by atoms with Crippen molar-refractivity contribution in [3.8, 4) is 0 Å². The van der Waals surface area contributed by atoms with E-state index in [0.717, 1.165) is 18.7 Å². The number of ether oxygens (including phenoxy) is 1. The molecule has 2 atom stereocenters. The van der Waals surface area contributed by atoms with Gasteiger partial charge in [-0.1, -0.05) is 0 Å². The number of hydrogen-bond acceptors (Lipinski definition) is 4. The standard InChI is InChI=1S/C17H24N2OS/c18-14-3-4-16-13(10-14)2-1-7-19(16)15-5-8-20-17(11-15)6-9-21-12-17/h3-4,10,15H,1-2,5-9,11-12,18H2. The van der Waals surface area contributed by atoms with Crippen LogP contribution >= 0.6 is 11.8 Å². The topological polar surface area (TPSA) is 38.5 Å². The third kappa shape index (κ3) is 2.53. The Morgan fingerprint density at radius 3 is 3.19 bits per heavy atom. The highest BCUT2D eigenvalue weighted by atomic mass is 32.2. The molecule has 0 aromatic heterocycles. The van der Waals surface area contributed by atoms with Crippen LogP contribution in [0.1, 0.15) is 31.2 Å². The van der Waals surface area contributed by atoms with Gasteiger partial charge in [0.2, 0.25) is 0 Å². The summed E-state index contributed by atoms with van der Waals surface area (Å²) in [7, 11) is 0. The maximum Gasteiger partial charge on any atom is 0.0799 e. The first-order valence-corrected chi connectivity index (χ1v) is 9.28. The highest BCUT2D eigenvalue weighted by Crippen LogP contribution is 2.41. The lowest BCUT2D eigenvalue weighted by Crippen LogP contribution is -2.50. The van der Waals surface area contributed by atoms with E-state index in [2.05, 4.69) is 34.9 Å². The van der Waals surface area contributed by atoms with Crippen molar-refractivity contribution >= 4 is 23.1 Å². The second-order valence-electron chi connectivity index (χ2n) is 6.67. The summed E-state index contributed by atoms with van der Waals surface area (Å²) in [6.45, 7) is 2.11. The quantitative estimate of drug-likeness (QED) is 0.809. The van der Waals surface area contributed by atoms with Crippen molar-refractivity contribution in [2.24, 2.45) is 0 Å². The molecule has 2 N–H and O–H groups in total. The average Bonchev–Trinajstić information content (AvgIpc) is 2.94. The largest absolute Gasteiger partial charge is 0.399 e. The van der Waals surface area contributed by atoms with E-state index in [0.29, 0.717) is 6.04 Å². The van der Waals surface area contributed by atoms with Crippen LogP contribution in [-0.2, 0) is 11.2 Å². The summed E-state index contributed by atoms with van der Waals surface area (Å²) in [5.41, 5.74) is 9.87. The Kier molecular flexibility index (Phi) is 3.54. The fraction of sp³-hybridized carbons (Fsp3) is 0.647. The normalized spacial score (nSPS) is 32.4. The summed E-state index contributed by atoms with van der Waals surface area (Å²) in [6, 6.07) is 7.09. The number of aryl methyl sites for hydroxylation is 1. The van der Waals surface area contributed by atoms with Crippen molar-refractivity contribution < 1.29 is 4.74 Å². The van der Waals surface area contributed by atoms with Crippen molar-refractivity contribution in [3.05, 3.63) is 23.8 Å². The minimum atomic E-state index is 0.166. The summed E-state index contributed by atoms with van der Waals surface area (Å²) in [5, 5.41) is 0. The number of benzene rings is 1. The molecule has 4 rings (SSSR count). The van der Waals surface area contributed by atoms with Crippen LogP contribution in [0.3, 0.4) is 0 Å². The van der Waals surface area contributed by atoms with Gasteiger partial charge in [0.1, 0.15) is 0 Å². The average molecular weight is 304 g/mol. The van der Waals surface area contributed by atoms with Crippen LogP contribution in [0.25, 0.3) is 0 Å². The number of nitrogen functional groups attached to an aromatic ring is 1. The van der Waals surface area contributed by atoms with Gasteiger partial charge in [0, 0.05) is 36.3 Å². The molecule has 114 valence electrons. The second-order valence-corrected chi connectivity index (χ2v) is 7.77. The molecule has 2 unspecified atom stereocenters. The molecule has 3 heterocycles. The molecule has 2 fully saturated rings. The van der Waals surface area contributed by atoms with E-state index >= 15 is 0 Å². The van der Waals surface area contributed by atoms with Crippen molar-refractivity contribution in [1.82, 2.24) is 0 Å². The number of anilines is 2. The molecule has 0 bridgehead atoms. The van der Waals surface area contributed by atoms with Crippen molar-refractivity contribution in [3.63, 3.8) is 0 Å². The monoisotopic (exact) mass is 304 g/mol. The van der Waals surface area contributed by atoms with Crippen molar-refractivity contribution in [1.29, 1.82) is 0 Å². The molecule has 3 nitrogen and oxygen atoms in total. The fourth-order valence-corrected chi connectivity index (χ4v) is 5.53. The fourth-order valence-electron chi connectivity index (χ4n) is 4.16. The molecule has 3 aliphatic heterocycles. The molecule has 1 spiro atoms. The van der Waals surface area contributed by atoms with Gasteiger partial charge in [-0.25, -0.2) is 0 Å². The van der Waals surface area contributed by atoms with Gasteiger partial charge in [-0.15, -0.1) is 0 Å². The molecule has 2 saturated heterocycles. The summed E-state index contributed by atoms with van der Waals surface area (Å²) in [6.07, 6.45) is 6.01. The van der Waals surface area contributed by atoms with Crippen LogP contribution in [0, 0.1) is 0 Å². The Balaban J connectivity index is 1.59. The second kappa shape index (κ2) is 5.40. The number of rotatable bonds is 1. The molecule has 3 aliphatic rings. The molecule has 1 aromatic rings. The van der Waals surface area contributed by atoms with Gasteiger partial charge < -0.3 is 15.4 Å². The summed E-state index contributed by atoms with van der Waals surface area (Å²) in [5.74, 6) is 2.45. The Morgan fingerprint density at radius 2 is 2.33 bits per heavy atom. The summed E-state index contributed by atoms with van der Waals surface area (Å²) in [4.78, 5) is 2.64. The van der Waals surface area contributed by atoms with Gasteiger partial charge in [-0.3, -0.25) is 0 Å². The molecular weight excluding hydrogens is 280 g/mol. The van der Waals surface area contributed by atoms with E-state index in [1.165, 1.54) is 55.0 Å². The molecule has 0 aliphatic carbocycles. The van der Waals surface area contributed by atoms with E-state index in [1.807, 2.05) is 0 Å². The molecule has 0 radical (unpaired) electrons. The first-order valence-electron chi connectivity index (χ1n) is 8.13. The highest BCUT2D eigenvalue weighted by Gasteiger charge is 2.42. The zero-order valence-corrected chi connectivity index (χ0v) is 13.3. The van der Waals surface area contributed by atoms with E-state index in [9.17, 15) is 0 Å². The predicted molar refractivity (Wildman–Crippen MR) is 90.2 cm³/mol.